The van der Waals surface area contributed by atoms with Crippen LogP contribution >= 0.6 is 0 Å². The Morgan fingerprint density at radius 2 is 2.00 bits per heavy atom. The minimum atomic E-state index is 0.560. The summed E-state index contributed by atoms with van der Waals surface area (Å²) in [5.41, 5.74) is 0. The highest BCUT2D eigenvalue weighted by atomic mass is 16.5. The van der Waals surface area contributed by atoms with Crippen molar-refractivity contribution in [2.45, 2.75) is 20.0 Å². The maximum absolute atomic E-state index is 5.81. The van der Waals surface area contributed by atoms with E-state index in [9.17, 15) is 0 Å². The van der Waals surface area contributed by atoms with Gasteiger partial charge in [-0.2, -0.15) is 0 Å². The third-order valence-electron chi connectivity index (χ3n) is 3.75. The van der Waals surface area contributed by atoms with Gasteiger partial charge in [0.15, 0.2) is 0 Å². The molecule has 0 amide bonds. The lowest BCUT2D eigenvalue weighted by Gasteiger charge is -2.48. The number of ether oxygens (including phenoxy) is 1. The Morgan fingerprint density at radius 1 is 1.25 bits per heavy atom. The molecule has 1 saturated carbocycles. The Kier molecular flexibility index (Phi) is 2.13. The topological polar surface area (TPSA) is 12.5 Å². The van der Waals surface area contributed by atoms with E-state index in [1.807, 2.05) is 0 Å². The van der Waals surface area contributed by atoms with Gasteiger partial charge in [0.05, 0.1) is 12.7 Å². The Morgan fingerprint density at radius 3 is 2.75 bits per heavy atom. The average molecular weight is 169 g/mol. The molecule has 0 aromatic rings. The molecule has 0 aromatic carbocycles. The summed E-state index contributed by atoms with van der Waals surface area (Å²) in [6.45, 7) is 7.93. The predicted octanol–water partition coefficient (Wildman–Crippen LogP) is 1.22. The molecular weight excluding hydrogens is 150 g/mol. The van der Waals surface area contributed by atoms with Crippen LogP contribution < -0.4 is 0 Å². The summed E-state index contributed by atoms with van der Waals surface area (Å²) in [5, 5.41) is 0. The van der Waals surface area contributed by atoms with E-state index in [2.05, 4.69) is 25.8 Å². The van der Waals surface area contributed by atoms with E-state index in [1.54, 1.807) is 0 Å². The van der Waals surface area contributed by atoms with Crippen molar-refractivity contribution in [3.63, 3.8) is 0 Å². The molecule has 1 aliphatic heterocycles. The number of rotatable bonds is 0. The summed E-state index contributed by atoms with van der Waals surface area (Å²) in [5.74, 6) is 2.43. The van der Waals surface area contributed by atoms with Gasteiger partial charge in [-0.3, -0.25) is 0 Å². The van der Waals surface area contributed by atoms with Crippen molar-refractivity contribution < 1.29 is 4.74 Å². The molecular formula is C10H19NO. The fourth-order valence-corrected chi connectivity index (χ4v) is 2.57. The lowest BCUT2D eigenvalue weighted by Crippen LogP contribution is -2.52. The van der Waals surface area contributed by atoms with Gasteiger partial charge in [-0.15, -0.1) is 0 Å². The second-order valence-electron chi connectivity index (χ2n) is 4.48. The van der Waals surface area contributed by atoms with E-state index >= 15 is 0 Å². The SMILES string of the molecule is CC1C(C)[C@H]2OCCN(C)CC12. The molecule has 4 atom stereocenters. The third-order valence-corrected chi connectivity index (χ3v) is 3.75. The van der Waals surface area contributed by atoms with E-state index < -0.39 is 0 Å². The maximum atomic E-state index is 5.81. The van der Waals surface area contributed by atoms with E-state index in [1.165, 1.54) is 6.54 Å². The average Bonchev–Trinajstić information content (AvgIpc) is 2.24. The van der Waals surface area contributed by atoms with Crippen molar-refractivity contribution in [1.82, 2.24) is 4.90 Å². The summed E-state index contributed by atoms with van der Waals surface area (Å²) in [4.78, 5) is 2.40. The van der Waals surface area contributed by atoms with Crippen LogP contribution in [0.4, 0.5) is 0 Å². The second-order valence-corrected chi connectivity index (χ2v) is 4.48. The smallest absolute Gasteiger partial charge is 0.0646 e. The first kappa shape index (κ1) is 8.52. The van der Waals surface area contributed by atoms with Gasteiger partial charge >= 0.3 is 0 Å². The highest BCUT2D eigenvalue weighted by Gasteiger charge is 2.46. The van der Waals surface area contributed by atoms with Crippen LogP contribution in [0.25, 0.3) is 0 Å². The Labute approximate surface area is 74.9 Å². The van der Waals surface area contributed by atoms with Crippen molar-refractivity contribution in [3.8, 4) is 0 Å². The van der Waals surface area contributed by atoms with E-state index in [-0.39, 0.29) is 0 Å². The molecule has 1 heterocycles. The fourth-order valence-electron chi connectivity index (χ4n) is 2.57. The first-order valence-corrected chi connectivity index (χ1v) is 5.00. The van der Waals surface area contributed by atoms with E-state index in [0.29, 0.717) is 6.10 Å². The highest BCUT2D eigenvalue weighted by molar-refractivity contribution is 4.96. The lowest BCUT2D eigenvalue weighted by molar-refractivity contribution is -0.114. The minimum absolute atomic E-state index is 0.560. The van der Waals surface area contributed by atoms with Crippen molar-refractivity contribution in [2.75, 3.05) is 26.7 Å². The van der Waals surface area contributed by atoms with Crippen LogP contribution in [0.15, 0.2) is 0 Å². The van der Waals surface area contributed by atoms with E-state index in [0.717, 1.165) is 30.9 Å². The van der Waals surface area contributed by atoms with Crippen LogP contribution in [0.1, 0.15) is 13.8 Å². The van der Waals surface area contributed by atoms with Gasteiger partial charge in [-0.25, -0.2) is 0 Å². The first-order valence-electron chi connectivity index (χ1n) is 5.00. The van der Waals surface area contributed by atoms with Gasteiger partial charge in [-0.1, -0.05) is 13.8 Å². The molecule has 1 aliphatic carbocycles. The van der Waals surface area contributed by atoms with Crippen LogP contribution in [0.2, 0.25) is 0 Å². The molecule has 70 valence electrons. The minimum Gasteiger partial charge on any atom is -0.376 e. The predicted molar refractivity (Wildman–Crippen MR) is 49.1 cm³/mol. The maximum Gasteiger partial charge on any atom is 0.0646 e. The largest absolute Gasteiger partial charge is 0.376 e. The summed E-state index contributed by atoms with van der Waals surface area (Å²) in [6.07, 6.45) is 0.560. The zero-order valence-corrected chi connectivity index (χ0v) is 8.29. The zero-order valence-electron chi connectivity index (χ0n) is 8.29. The summed E-state index contributed by atoms with van der Waals surface area (Å²) in [7, 11) is 2.20. The normalized spacial score (nSPS) is 49.2. The standard InChI is InChI=1S/C10H19NO/c1-7-8(2)10-9(7)6-11(3)4-5-12-10/h7-10H,4-6H2,1-3H3/t7?,8?,9?,10-/m1/s1. The number of hydrogen-bond donors (Lipinski definition) is 0. The molecule has 0 spiro atoms. The molecule has 0 N–H and O–H groups in total. The van der Waals surface area contributed by atoms with Gasteiger partial charge in [0.1, 0.15) is 0 Å². The van der Waals surface area contributed by atoms with Gasteiger partial charge in [0.25, 0.3) is 0 Å². The fraction of sp³-hybridized carbons (Fsp3) is 1.00. The lowest BCUT2D eigenvalue weighted by atomic mass is 9.64. The molecule has 0 aromatic heterocycles. The summed E-state index contributed by atoms with van der Waals surface area (Å²) >= 11 is 0. The van der Waals surface area contributed by atoms with Crippen molar-refractivity contribution in [3.05, 3.63) is 0 Å². The van der Waals surface area contributed by atoms with Gasteiger partial charge in [-0.05, 0) is 18.9 Å². The quantitative estimate of drug-likeness (QED) is 0.540. The molecule has 2 nitrogen and oxygen atoms in total. The molecule has 1 saturated heterocycles. The molecule has 2 heteroatoms. The highest BCUT2D eigenvalue weighted by Crippen LogP contribution is 2.43. The molecule has 2 fully saturated rings. The van der Waals surface area contributed by atoms with Crippen LogP contribution in [0.5, 0.6) is 0 Å². The van der Waals surface area contributed by atoms with Crippen molar-refractivity contribution in [1.29, 1.82) is 0 Å². The number of nitrogens with zero attached hydrogens (tertiary/aromatic N) is 1. The van der Waals surface area contributed by atoms with Crippen LogP contribution in [0, 0.1) is 17.8 Å². The Hall–Kier alpha value is -0.0800. The summed E-state index contributed by atoms with van der Waals surface area (Å²) in [6, 6.07) is 0. The van der Waals surface area contributed by atoms with Crippen LogP contribution in [0.3, 0.4) is 0 Å². The Bertz CT molecular complexity index is 171. The second kappa shape index (κ2) is 3.00. The number of fused-ring (bicyclic) bond motifs is 1. The molecule has 0 radical (unpaired) electrons. The van der Waals surface area contributed by atoms with Crippen molar-refractivity contribution in [2.24, 2.45) is 17.8 Å². The zero-order chi connectivity index (χ0) is 8.72. The number of hydrogen-bond acceptors (Lipinski definition) is 2. The van der Waals surface area contributed by atoms with Gasteiger partial charge < -0.3 is 9.64 Å². The monoisotopic (exact) mass is 169 g/mol. The number of likely N-dealkylation sites (N-methyl/N-ethyl adjacent to an activating group) is 1. The molecule has 12 heavy (non-hydrogen) atoms. The van der Waals surface area contributed by atoms with Crippen molar-refractivity contribution >= 4 is 0 Å². The molecule has 2 aliphatic rings. The molecule has 0 bridgehead atoms. The Balaban J connectivity index is 2.01. The van der Waals surface area contributed by atoms with Gasteiger partial charge in [0, 0.05) is 19.0 Å². The third kappa shape index (κ3) is 1.17. The van der Waals surface area contributed by atoms with Crippen LogP contribution in [-0.2, 0) is 4.74 Å². The molecule has 3 unspecified atom stereocenters. The molecule has 2 rings (SSSR count). The van der Waals surface area contributed by atoms with E-state index in [4.69, 9.17) is 4.74 Å². The summed E-state index contributed by atoms with van der Waals surface area (Å²) < 4.78 is 5.81. The van der Waals surface area contributed by atoms with Crippen LogP contribution in [-0.4, -0.2) is 37.7 Å². The first-order chi connectivity index (χ1) is 5.70. The van der Waals surface area contributed by atoms with Gasteiger partial charge in [0.2, 0.25) is 0 Å².